The van der Waals surface area contributed by atoms with E-state index < -0.39 is 5.95 Å². The molecule has 0 aliphatic carbocycles. The predicted molar refractivity (Wildman–Crippen MR) is 43.8 cm³/mol. The molecule has 2 aromatic rings. The van der Waals surface area contributed by atoms with E-state index in [1.54, 1.807) is 12.4 Å². The van der Waals surface area contributed by atoms with E-state index in [0.717, 1.165) is 5.69 Å². The molecule has 0 unspecified atom stereocenters. The minimum atomic E-state index is -0.526. The zero-order valence-corrected chi connectivity index (χ0v) is 6.98. The van der Waals surface area contributed by atoms with Crippen LogP contribution < -0.4 is 0 Å². The maximum Gasteiger partial charge on any atom is 0.233 e. The third-order valence-corrected chi connectivity index (χ3v) is 1.56. The molecular weight excluding hydrogens is 171 g/mol. The number of aromatic nitrogens is 4. The Kier molecular flexibility index (Phi) is 1.77. The number of rotatable bonds is 1. The van der Waals surface area contributed by atoms with Gasteiger partial charge in [-0.2, -0.15) is 4.39 Å². The molecular formula is C8H7FN4. The highest BCUT2D eigenvalue weighted by Gasteiger charge is 2.00. The maximum absolute atomic E-state index is 12.5. The highest BCUT2D eigenvalue weighted by atomic mass is 19.1. The summed E-state index contributed by atoms with van der Waals surface area (Å²) >= 11 is 0. The van der Waals surface area contributed by atoms with Crippen molar-refractivity contribution in [3.8, 4) is 5.82 Å². The lowest BCUT2D eigenvalue weighted by atomic mass is 10.5. The minimum absolute atomic E-state index is 0.509. The standard InChI is InChI=1S/C8H7FN4/c1-6-4-11-8(5-10-6)13-3-2-7(9)12-13/h2-5H,1H3. The van der Waals surface area contributed by atoms with Crippen molar-refractivity contribution in [3.05, 3.63) is 36.3 Å². The van der Waals surface area contributed by atoms with Crippen LogP contribution in [-0.2, 0) is 0 Å². The molecule has 0 aliphatic heterocycles. The summed E-state index contributed by atoms with van der Waals surface area (Å²) in [6.45, 7) is 1.83. The summed E-state index contributed by atoms with van der Waals surface area (Å²) in [5, 5.41) is 3.56. The molecule has 66 valence electrons. The third kappa shape index (κ3) is 1.53. The van der Waals surface area contributed by atoms with E-state index in [-0.39, 0.29) is 0 Å². The van der Waals surface area contributed by atoms with Crippen LogP contribution >= 0.6 is 0 Å². The van der Waals surface area contributed by atoms with Crippen molar-refractivity contribution >= 4 is 0 Å². The van der Waals surface area contributed by atoms with Crippen molar-refractivity contribution in [2.24, 2.45) is 0 Å². The van der Waals surface area contributed by atoms with E-state index in [4.69, 9.17) is 0 Å². The number of hydrogen-bond acceptors (Lipinski definition) is 3. The summed E-state index contributed by atoms with van der Waals surface area (Å²) in [7, 11) is 0. The van der Waals surface area contributed by atoms with Crippen LogP contribution in [0.2, 0.25) is 0 Å². The van der Waals surface area contributed by atoms with Gasteiger partial charge < -0.3 is 0 Å². The molecule has 0 radical (unpaired) electrons. The highest BCUT2D eigenvalue weighted by Crippen LogP contribution is 2.01. The van der Waals surface area contributed by atoms with Gasteiger partial charge in [0.2, 0.25) is 5.95 Å². The van der Waals surface area contributed by atoms with E-state index in [9.17, 15) is 4.39 Å². The van der Waals surface area contributed by atoms with Gasteiger partial charge in [-0.05, 0) is 6.92 Å². The summed E-state index contributed by atoms with van der Waals surface area (Å²) in [6, 6.07) is 1.27. The summed E-state index contributed by atoms with van der Waals surface area (Å²) in [5.74, 6) is -0.0168. The van der Waals surface area contributed by atoms with Gasteiger partial charge in [0.05, 0.1) is 18.1 Å². The second kappa shape index (κ2) is 2.93. The van der Waals surface area contributed by atoms with Gasteiger partial charge in [0, 0.05) is 12.3 Å². The normalized spacial score (nSPS) is 10.3. The van der Waals surface area contributed by atoms with Crippen LogP contribution in [0.3, 0.4) is 0 Å². The Hall–Kier alpha value is -1.78. The molecule has 13 heavy (non-hydrogen) atoms. The van der Waals surface area contributed by atoms with Crippen LogP contribution in [0.25, 0.3) is 5.82 Å². The Bertz CT molecular complexity index is 406. The number of nitrogens with zero attached hydrogens (tertiary/aromatic N) is 4. The number of halogens is 1. The molecule has 0 saturated carbocycles. The van der Waals surface area contributed by atoms with E-state index in [2.05, 4.69) is 15.1 Å². The van der Waals surface area contributed by atoms with Gasteiger partial charge in [-0.3, -0.25) is 4.98 Å². The largest absolute Gasteiger partial charge is 0.256 e. The second-order valence-electron chi connectivity index (χ2n) is 2.60. The molecule has 0 N–H and O–H groups in total. The first kappa shape index (κ1) is 7.85. The Morgan fingerprint density at radius 3 is 2.69 bits per heavy atom. The minimum Gasteiger partial charge on any atom is -0.256 e. The fourth-order valence-electron chi connectivity index (χ4n) is 0.933. The van der Waals surface area contributed by atoms with Crippen molar-refractivity contribution in [1.82, 2.24) is 19.7 Å². The van der Waals surface area contributed by atoms with E-state index >= 15 is 0 Å². The Morgan fingerprint density at radius 1 is 1.31 bits per heavy atom. The summed E-state index contributed by atoms with van der Waals surface area (Å²) in [5.41, 5.74) is 0.816. The molecule has 0 aliphatic rings. The number of aryl methyl sites for hydroxylation is 1. The van der Waals surface area contributed by atoms with Gasteiger partial charge >= 0.3 is 0 Å². The Labute approximate surface area is 74.1 Å². The Morgan fingerprint density at radius 2 is 2.15 bits per heavy atom. The van der Waals surface area contributed by atoms with Crippen LogP contribution in [0.1, 0.15) is 5.69 Å². The number of hydrogen-bond donors (Lipinski definition) is 0. The molecule has 0 aromatic carbocycles. The zero-order valence-electron chi connectivity index (χ0n) is 6.98. The molecule has 2 aromatic heterocycles. The van der Waals surface area contributed by atoms with Crippen LogP contribution in [0.4, 0.5) is 4.39 Å². The van der Waals surface area contributed by atoms with Crippen LogP contribution in [0.5, 0.6) is 0 Å². The summed E-state index contributed by atoms with van der Waals surface area (Å²) in [4.78, 5) is 8.05. The van der Waals surface area contributed by atoms with Crippen molar-refractivity contribution in [3.63, 3.8) is 0 Å². The first-order valence-electron chi connectivity index (χ1n) is 3.76. The smallest absolute Gasteiger partial charge is 0.233 e. The van der Waals surface area contributed by atoms with Crippen LogP contribution in [0, 0.1) is 12.9 Å². The summed E-state index contributed by atoms with van der Waals surface area (Å²) in [6.07, 6.45) is 4.64. The molecule has 0 amide bonds. The lowest BCUT2D eigenvalue weighted by Crippen LogP contribution is -1.99. The lowest BCUT2D eigenvalue weighted by Gasteiger charge is -1.98. The van der Waals surface area contributed by atoms with Crippen LogP contribution in [0.15, 0.2) is 24.7 Å². The summed E-state index contributed by atoms with van der Waals surface area (Å²) < 4.78 is 13.8. The van der Waals surface area contributed by atoms with Gasteiger partial charge in [-0.25, -0.2) is 9.67 Å². The third-order valence-electron chi connectivity index (χ3n) is 1.56. The Balaban J connectivity index is 2.41. The average Bonchev–Trinajstić information content (AvgIpc) is 2.53. The van der Waals surface area contributed by atoms with Crippen molar-refractivity contribution < 1.29 is 4.39 Å². The van der Waals surface area contributed by atoms with Crippen molar-refractivity contribution in [2.75, 3.05) is 0 Å². The molecule has 0 fully saturated rings. The van der Waals surface area contributed by atoms with Crippen LogP contribution in [-0.4, -0.2) is 19.7 Å². The SMILES string of the molecule is Cc1cnc(-n2ccc(F)n2)cn1. The van der Waals surface area contributed by atoms with Gasteiger partial charge in [-0.1, -0.05) is 0 Å². The van der Waals surface area contributed by atoms with E-state index in [1.165, 1.54) is 16.9 Å². The molecule has 4 nitrogen and oxygen atoms in total. The molecule has 0 bridgehead atoms. The van der Waals surface area contributed by atoms with E-state index in [1.807, 2.05) is 6.92 Å². The molecule has 2 rings (SSSR count). The van der Waals surface area contributed by atoms with Gasteiger partial charge in [0.15, 0.2) is 5.82 Å². The zero-order chi connectivity index (χ0) is 9.26. The molecule has 0 saturated heterocycles. The molecule has 0 atom stereocenters. The molecule has 2 heterocycles. The van der Waals surface area contributed by atoms with Gasteiger partial charge in [0.1, 0.15) is 0 Å². The van der Waals surface area contributed by atoms with Gasteiger partial charge in [0.25, 0.3) is 0 Å². The van der Waals surface area contributed by atoms with Gasteiger partial charge in [-0.15, -0.1) is 5.10 Å². The molecule has 0 spiro atoms. The van der Waals surface area contributed by atoms with Crippen molar-refractivity contribution in [1.29, 1.82) is 0 Å². The predicted octanol–water partition coefficient (Wildman–Crippen LogP) is 1.11. The average molecular weight is 178 g/mol. The topological polar surface area (TPSA) is 43.6 Å². The maximum atomic E-state index is 12.5. The first-order valence-corrected chi connectivity index (χ1v) is 3.76. The molecule has 5 heteroatoms. The lowest BCUT2D eigenvalue weighted by molar-refractivity contribution is 0.564. The quantitative estimate of drug-likeness (QED) is 0.657. The first-order chi connectivity index (χ1) is 6.25. The van der Waals surface area contributed by atoms with E-state index in [0.29, 0.717) is 5.82 Å². The second-order valence-corrected chi connectivity index (χ2v) is 2.60. The highest BCUT2D eigenvalue weighted by molar-refractivity contribution is 5.16. The van der Waals surface area contributed by atoms with Crippen molar-refractivity contribution in [2.45, 2.75) is 6.92 Å². The monoisotopic (exact) mass is 178 g/mol. The fraction of sp³-hybridized carbons (Fsp3) is 0.125. The fourth-order valence-corrected chi connectivity index (χ4v) is 0.933.